The molecule has 0 saturated carbocycles. The molecule has 4 nitrogen and oxygen atoms in total. The van der Waals surface area contributed by atoms with Crippen LogP contribution in [0.2, 0.25) is 0 Å². The Kier molecular flexibility index (Phi) is 3.10. The Morgan fingerprint density at radius 3 is 3.00 bits per heavy atom. The zero-order valence-electron chi connectivity index (χ0n) is 9.49. The maximum Gasteiger partial charge on any atom is 0.270 e. The first kappa shape index (κ1) is 11.2. The maximum absolute atomic E-state index is 10.7. The second-order valence-electron chi connectivity index (χ2n) is 3.73. The second-order valence-corrected chi connectivity index (χ2v) is 3.73. The van der Waals surface area contributed by atoms with Crippen LogP contribution in [0.15, 0.2) is 24.4 Å². The number of hydrogen-bond donors (Lipinski definition) is 1. The van der Waals surface area contributed by atoms with Crippen LogP contribution in [0.25, 0.3) is 10.9 Å². The molecule has 0 unspecified atom stereocenters. The molecule has 1 aromatic heterocycles. The summed E-state index contributed by atoms with van der Waals surface area (Å²) >= 11 is 0. The van der Waals surface area contributed by atoms with Crippen LogP contribution in [0, 0.1) is 22.0 Å². The van der Waals surface area contributed by atoms with Gasteiger partial charge in [0.15, 0.2) is 0 Å². The van der Waals surface area contributed by atoms with Gasteiger partial charge in [0, 0.05) is 35.7 Å². The molecular formula is C13H12N2O2. The van der Waals surface area contributed by atoms with Crippen molar-refractivity contribution in [3.05, 3.63) is 40.1 Å². The van der Waals surface area contributed by atoms with Gasteiger partial charge in [-0.15, -0.1) is 11.8 Å². The van der Waals surface area contributed by atoms with Crippen LogP contribution < -0.4 is 0 Å². The van der Waals surface area contributed by atoms with E-state index in [0.29, 0.717) is 0 Å². The highest BCUT2D eigenvalue weighted by Crippen LogP contribution is 2.24. The fraction of sp³-hybridized carbons (Fsp3) is 0.231. The summed E-state index contributed by atoms with van der Waals surface area (Å²) in [5, 5.41) is 11.6. The third-order valence-electron chi connectivity index (χ3n) is 2.66. The minimum Gasteiger partial charge on any atom is -0.361 e. The van der Waals surface area contributed by atoms with E-state index in [9.17, 15) is 10.1 Å². The summed E-state index contributed by atoms with van der Waals surface area (Å²) in [4.78, 5) is 13.4. The molecule has 0 fully saturated rings. The van der Waals surface area contributed by atoms with Gasteiger partial charge >= 0.3 is 0 Å². The highest BCUT2D eigenvalue weighted by atomic mass is 16.6. The highest BCUT2D eigenvalue weighted by Gasteiger charge is 2.09. The number of rotatable bonds is 3. The van der Waals surface area contributed by atoms with Crippen LogP contribution in [0.3, 0.4) is 0 Å². The lowest BCUT2D eigenvalue weighted by molar-refractivity contribution is -0.384. The van der Waals surface area contributed by atoms with E-state index in [1.165, 1.54) is 6.07 Å². The Hall–Kier alpha value is -2.28. The first-order chi connectivity index (χ1) is 8.22. The summed E-state index contributed by atoms with van der Waals surface area (Å²) in [6.45, 7) is 1.81. The van der Waals surface area contributed by atoms with Gasteiger partial charge in [-0.25, -0.2) is 0 Å². The van der Waals surface area contributed by atoms with Gasteiger partial charge in [0.2, 0.25) is 0 Å². The zero-order chi connectivity index (χ0) is 12.3. The summed E-state index contributed by atoms with van der Waals surface area (Å²) < 4.78 is 0. The molecule has 0 aliphatic carbocycles. The number of H-pyrrole nitrogens is 1. The fourth-order valence-electron chi connectivity index (χ4n) is 1.81. The summed E-state index contributed by atoms with van der Waals surface area (Å²) in [6, 6.07) is 4.86. The molecule has 2 rings (SSSR count). The molecule has 1 aromatic carbocycles. The van der Waals surface area contributed by atoms with E-state index in [2.05, 4.69) is 16.8 Å². The molecule has 2 aromatic rings. The van der Waals surface area contributed by atoms with Crippen molar-refractivity contribution in [3.63, 3.8) is 0 Å². The van der Waals surface area contributed by atoms with E-state index >= 15 is 0 Å². The predicted octanol–water partition coefficient (Wildman–Crippen LogP) is 3.03. The van der Waals surface area contributed by atoms with E-state index in [-0.39, 0.29) is 10.6 Å². The Morgan fingerprint density at radius 1 is 1.47 bits per heavy atom. The molecule has 1 N–H and O–H groups in total. The molecule has 17 heavy (non-hydrogen) atoms. The van der Waals surface area contributed by atoms with Crippen molar-refractivity contribution in [1.29, 1.82) is 0 Å². The average molecular weight is 228 g/mol. The molecule has 0 aliphatic heterocycles. The van der Waals surface area contributed by atoms with Crippen LogP contribution >= 0.6 is 0 Å². The van der Waals surface area contributed by atoms with Crippen molar-refractivity contribution >= 4 is 16.6 Å². The van der Waals surface area contributed by atoms with Crippen molar-refractivity contribution in [2.75, 3.05) is 0 Å². The Bertz CT molecular complexity index is 617. The lowest BCUT2D eigenvalue weighted by Gasteiger charge is -1.96. The van der Waals surface area contributed by atoms with Crippen LogP contribution in [0.5, 0.6) is 0 Å². The number of nitrogens with one attached hydrogen (secondary N) is 1. The van der Waals surface area contributed by atoms with Crippen LogP contribution in [0.4, 0.5) is 5.69 Å². The second kappa shape index (κ2) is 4.71. The molecule has 0 atom stereocenters. The first-order valence-electron chi connectivity index (χ1n) is 5.36. The van der Waals surface area contributed by atoms with Gasteiger partial charge in [0.05, 0.1) is 4.92 Å². The molecule has 4 heteroatoms. The SMILES string of the molecule is CC#CCCc1c[nH]c2ccc([N+](=O)[O-])cc12. The molecule has 0 bridgehead atoms. The molecular weight excluding hydrogens is 216 g/mol. The minimum atomic E-state index is -0.373. The third-order valence-corrected chi connectivity index (χ3v) is 2.66. The van der Waals surface area contributed by atoms with Gasteiger partial charge in [-0.05, 0) is 25.0 Å². The Balaban J connectivity index is 2.38. The van der Waals surface area contributed by atoms with Crippen LogP contribution in [-0.2, 0) is 6.42 Å². The minimum absolute atomic E-state index is 0.125. The predicted molar refractivity (Wildman–Crippen MR) is 66.7 cm³/mol. The lowest BCUT2D eigenvalue weighted by atomic mass is 10.1. The number of aryl methyl sites for hydroxylation is 1. The number of aromatic nitrogens is 1. The standard InChI is InChI=1S/C13H12N2O2/c1-2-3-4-5-10-9-14-13-7-6-11(15(16)17)8-12(10)13/h6-9,14H,4-5H2,1H3. The van der Waals surface area contributed by atoms with Gasteiger partial charge < -0.3 is 4.98 Å². The third kappa shape index (κ3) is 2.28. The van der Waals surface area contributed by atoms with E-state index in [4.69, 9.17) is 0 Å². The molecule has 0 aliphatic rings. The average Bonchev–Trinajstić information content (AvgIpc) is 2.72. The Labute approximate surface area is 98.8 Å². The van der Waals surface area contributed by atoms with Crippen LogP contribution in [0.1, 0.15) is 18.9 Å². The maximum atomic E-state index is 10.7. The van der Waals surface area contributed by atoms with Crippen LogP contribution in [-0.4, -0.2) is 9.91 Å². The molecule has 0 spiro atoms. The van der Waals surface area contributed by atoms with Gasteiger partial charge in [-0.3, -0.25) is 10.1 Å². The number of nitro groups is 1. The van der Waals surface area contributed by atoms with Gasteiger partial charge in [0.25, 0.3) is 5.69 Å². The molecule has 0 amide bonds. The normalized spacial score (nSPS) is 9.94. The molecule has 0 saturated heterocycles. The lowest BCUT2D eigenvalue weighted by Crippen LogP contribution is -1.87. The van der Waals surface area contributed by atoms with Gasteiger partial charge in [0.1, 0.15) is 0 Å². The van der Waals surface area contributed by atoms with E-state index in [1.54, 1.807) is 19.1 Å². The van der Waals surface area contributed by atoms with Crippen molar-refractivity contribution in [2.45, 2.75) is 19.8 Å². The molecule has 0 radical (unpaired) electrons. The zero-order valence-corrected chi connectivity index (χ0v) is 9.49. The first-order valence-corrected chi connectivity index (χ1v) is 5.36. The molecule has 1 heterocycles. The number of nitrogens with zero attached hydrogens (tertiary/aromatic N) is 1. The quantitative estimate of drug-likeness (QED) is 0.498. The number of nitro benzene ring substituents is 1. The topological polar surface area (TPSA) is 58.9 Å². The summed E-state index contributed by atoms with van der Waals surface area (Å²) in [5.74, 6) is 5.83. The number of non-ortho nitro benzene ring substituents is 1. The van der Waals surface area contributed by atoms with Crippen molar-refractivity contribution in [1.82, 2.24) is 4.98 Å². The number of fused-ring (bicyclic) bond motifs is 1. The van der Waals surface area contributed by atoms with Crippen molar-refractivity contribution < 1.29 is 4.92 Å². The molecule has 86 valence electrons. The summed E-state index contributed by atoms with van der Waals surface area (Å²) in [5.41, 5.74) is 2.13. The number of benzene rings is 1. The van der Waals surface area contributed by atoms with Crippen molar-refractivity contribution in [2.24, 2.45) is 0 Å². The van der Waals surface area contributed by atoms with Gasteiger partial charge in [-0.1, -0.05) is 0 Å². The fourth-order valence-corrected chi connectivity index (χ4v) is 1.81. The van der Waals surface area contributed by atoms with E-state index in [1.807, 2.05) is 6.20 Å². The smallest absolute Gasteiger partial charge is 0.270 e. The monoisotopic (exact) mass is 228 g/mol. The highest BCUT2D eigenvalue weighted by molar-refractivity contribution is 5.85. The Morgan fingerprint density at radius 2 is 2.29 bits per heavy atom. The van der Waals surface area contributed by atoms with E-state index < -0.39 is 0 Å². The van der Waals surface area contributed by atoms with Crippen molar-refractivity contribution in [3.8, 4) is 11.8 Å². The number of aromatic amines is 1. The summed E-state index contributed by atoms with van der Waals surface area (Å²) in [7, 11) is 0. The summed E-state index contributed by atoms with van der Waals surface area (Å²) in [6.07, 6.45) is 3.47. The largest absolute Gasteiger partial charge is 0.361 e. The van der Waals surface area contributed by atoms with Gasteiger partial charge in [-0.2, -0.15) is 0 Å². The number of hydrogen-bond acceptors (Lipinski definition) is 2. The van der Waals surface area contributed by atoms with E-state index in [0.717, 1.165) is 29.3 Å².